The molecule has 0 radical (unpaired) electrons. The second kappa shape index (κ2) is 6.57. The van der Waals surface area contributed by atoms with Crippen molar-refractivity contribution in [2.75, 3.05) is 13.2 Å². The van der Waals surface area contributed by atoms with Gasteiger partial charge in [-0.25, -0.2) is 8.78 Å². The maximum atomic E-state index is 12.1. The first-order valence-electron chi connectivity index (χ1n) is 6.47. The predicted octanol–water partition coefficient (Wildman–Crippen LogP) is 4.00. The predicted molar refractivity (Wildman–Crippen MR) is 74.5 cm³/mol. The van der Waals surface area contributed by atoms with Gasteiger partial charge in [0, 0.05) is 12.0 Å². The van der Waals surface area contributed by atoms with E-state index in [4.69, 9.17) is 4.74 Å². The highest BCUT2D eigenvalue weighted by Gasteiger charge is 2.11. The van der Waals surface area contributed by atoms with Crippen molar-refractivity contribution in [3.63, 3.8) is 0 Å². The monoisotopic (exact) mass is 278 g/mol. The number of ketones is 1. The summed E-state index contributed by atoms with van der Waals surface area (Å²) < 4.78 is 28.6. The summed E-state index contributed by atoms with van der Waals surface area (Å²) >= 11 is 0. The van der Waals surface area contributed by atoms with Crippen LogP contribution in [0.25, 0.3) is 10.8 Å². The number of Topliss-reactive ketones (excluding diaryl/α,β-unsaturated/α-hetero) is 1. The Labute approximate surface area is 116 Å². The molecule has 0 fully saturated rings. The van der Waals surface area contributed by atoms with Crippen LogP contribution in [0, 0.1) is 6.92 Å². The number of hydrogen-bond acceptors (Lipinski definition) is 2. The Kier molecular flexibility index (Phi) is 4.79. The lowest BCUT2D eigenvalue weighted by atomic mass is 9.97. The summed E-state index contributed by atoms with van der Waals surface area (Å²) in [6.45, 7) is 1.38. The molecule has 0 spiro atoms. The lowest BCUT2D eigenvalue weighted by Gasteiger charge is -2.08. The fraction of sp³-hybridized carbons (Fsp3) is 0.312. The Morgan fingerprint density at radius 3 is 2.55 bits per heavy atom. The summed E-state index contributed by atoms with van der Waals surface area (Å²) in [5.41, 5.74) is 1.72. The van der Waals surface area contributed by atoms with Crippen LogP contribution in [0.2, 0.25) is 0 Å². The van der Waals surface area contributed by atoms with Crippen LogP contribution in [0.15, 0.2) is 36.4 Å². The molecule has 0 amide bonds. The van der Waals surface area contributed by atoms with Crippen molar-refractivity contribution >= 4 is 16.6 Å². The lowest BCUT2D eigenvalue weighted by molar-refractivity contribution is 0.0170. The number of carbonyl (C=O) groups is 1. The molecule has 0 N–H and O–H groups in total. The van der Waals surface area contributed by atoms with Crippen molar-refractivity contribution in [1.82, 2.24) is 0 Å². The average Bonchev–Trinajstić information content (AvgIpc) is 2.44. The molecule has 20 heavy (non-hydrogen) atoms. The summed E-state index contributed by atoms with van der Waals surface area (Å²) in [5, 5.41) is 1.93. The van der Waals surface area contributed by atoms with Crippen molar-refractivity contribution in [3.05, 3.63) is 47.5 Å². The van der Waals surface area contributed by atoms with Crippen LogP contribution in [0.5, 0.6) is 0 Å². The molecular weight excluding hydrogens is 262 g/mol. The second-order valence-electron chi connectivity index (χ2n) is 4.61. The maximum Gasteiger partial charge on any atom is 0.261 e. The van der Waals surface area contributed by atoms with Crippen LogP contribution in [-0.2, 0) is 4.74 Å². The zero-order chi connectivity index (χ0) is 14.5. The van der Waals surface area contributed by atoms with Crippen molar-refractivity contribution in [1.29, 1.82) is 0 Å². The third kappa shape index (κ3) is 3.39. The molecule has 106 valence electrons. The van der Waals surface area contributed by atoms with Crippen LogP contribution in [0.1, 0.15) is 22.3 Å². The number of fused-ring (bicyclic) bond motifs is 1. The van der Waals surface area contributed by atoms with Gasteiger partial charge < -0.3 is 4.74 Å². The van der Waals surface area contributed by atoms with Gasteiger partial charge in [-0.15, -0.1) is 0 Å². The summed E-state index contributed by atoms with van der Waals surface area (Å²) in [6, 6.07) is 11.4. The Hall–Kier alpha value is -1.81. The SMILES string of the molecule is Cc1ccc(C(=O)CCOCC(F)F)c2ccccc12. The molecule has 0 bridgehead atoms. The van der Waals surface area contributed by atoms with Gasteiger partial charge in [0.1, 0.15) is 6.61 Å². The van der Waals surface area contributed by atoms with Gasteiger partial charge in [-0.2, -0.15) is 0 Å². The lowest BCUT2D eigenvalue weighted by Crippen LogP contribution is -2.09. The van der Waals surface area contributed by atoms with Gasteiger partial charge in [-0.3, -0.25) is 4.79 Å². The minimum absolute atomic E-state index is 0.0192. The molecular formula is C16H16F2O2. The minimum atomic E-state index is -2.50. The summed E-state index contributed by atoms with van der Waals surface area (Å²) in [4.78, 5) is 12.1. The van der Waals surface area contributed by atoms with Gasteiger partial charge in [0.15, 0.2) is 5.78 Å². The van der Waals surface area contributed by atoms with Crippen molar-refractivity contribution in [2.24, 2.45) is 0 Å². The summed E-state index contributed by atoms with van der Waals surface area (Å²) in [7, 11) is 0. The molecule has 0 unspecified atom stereocenters. The quantitative estimate of drug-likeness (QED) is 0.589. The molecule has 0 aliphatic rings. The van der Waals surface area contributed by atoms with E-state index in [-0.39, 0.29) is 18.8 Å². The number of carbonyl (C=O) groups excluding carboxylic acids is 1. The van der Waals surface area contributed by atoms with Gasteiger partial charge in [-0.1, -0.05) is 36.4 Å². The van der Waals surface area contributed by atoms with Crippen LogP contribution in [0.3, 0.4) is 0 Å². The highest BCUT2D eigenvalue weighted by molar-refractivity contribution is 6.08. The number of hydrogen-bond donors (Lipinski definition) is 0. The fourth-order valence-electron chi connectivity index (χ4n) is 2.16. The minimum Gasteiger partial charge on any atom is -0.375 e. The Balaban J connectivity index is 2.12. The molecule has 2 rings (SSSR count). The second-order valence-corrected chi connectivity index (χ2v) is 4.61. The zero-order valence-electron chi connectivity index (χ0n) is 11.2. The molecule has 2 aromatic rings. The molecule has 2 aromatic carbocycles. The first-order valence-corrected chi connectivity index (χ1v) is 6.47. The van der Waals surface area contributed by atoms with E-state index in [0.29, 0.717) is 5.56 Å². The van der Waals surface area contributed by atoms with E-state index in [1.165, 1.54) is 0 Å². The van der Waals surface area contributed by atoms with E-state index in [2.05, 4.69) is 0 Å². The summed E-state index contributed by atoms with van der Waals surface area (Å²) in [6.07, 6.45) is -2.38. The first kappa shape index (κ1) is 14.6. The molecule has 4 heteroatoms. The van der Waals surface area contributed by atoms with Gasteiger partial charge in [0.2, 0.25) is 0 Å². The van der Waals surface area contributed by atoms with Gasteiger partial charge in [-0.05, 0) is 23.3 Å². The maximum absolute atomic E-state index is 12.1. The number of benzene rings is 2. The van der Waals surface area contributed by atoms with Gasteiger partial charge in [0.05, 0.1) is 6.61 Å². The molecule has 2 nitrogen and oxygen atoms in total. The zero-order valence-corrected chi connectivity index (χ0v) is 11.2. The fourth-order valence-corrected chi connectivity index (χ4v) is 2.16. The van der Waals surface area contributed by atoms with E-state index in [1.54, 1.807) is 6.07 Å². The Morgan fingerprint density at radius 1 is 1.15 bits per heavy atom. The van der Waals surface area contributed by atoms with E-state index < -0.39 is 13.0 Å². The number of rotatable bonds is 6. The van der Waals surface area contributed by atoms with Crippen molar-refractivity contribution in [3.8, 4) is 0 Å². The molecule has 0 aromatic heterocycles. The van der Waals surface area contributed by atoms with Crippen molar-refractivity contribution in [2.45, 2.75) is 19.8 Å². The Morgan fingerprint density at radius 2 is 1.85 bits per heavy atom. The molecule has 0 aliphatic heterocycles. The van der Waals surface area contributed by atoms with E-state index in [9.17, 15) is 13.6 Å². The van der Waals surface area contributed by atoms with E-state index in [1.807, 2.05) is 37.3 Å². The van der Waals surface area contributed by atoms with Gasteiger partial charge in [0.25, 0.3) is 6.43 Å². The van der Waals surface area contributed by atoms with E-state index >= 15 is 0 Å². The van der Waals surface area contributed by atoms with Crippen molar-refractivity contribution < 1.29 is 18.3 Å². The average molecular weight is 278 g/mol. The van der Waals surface area contributed by atoms with Crippen LogP contribution < -0.4 is 0 Å². The number of ether oxygens (including phenoxy) is 1. The largest absolute Gasteiger partial charge is 0.375 e. The molecule has 0 saturated heterocycles. The Bertz CT molecular complexity index is 608. The third-order valence-electron chi connectivity index (χ3n) is 3.16. The van der Waals surface area contributed by atoms with Crippen LogP contribution in [-0.4, -0.2) is 25.4 Å². The number of aryl methyl sites for hydroxylation is 1. The molecule has 0 atom stereocenters. The number of alkyl halides is 2. The van der Waals surface area contributed by atoms with Crippen LogP contribution >= 0.6 is 0 Å². The highest BCUT2D eigenvalue weighted by atomic mass is 19.3. The molecule has 0 saturated carbocycles. The standard InChI is InChI=1S/C16H16F2O2/c1-11-6-7-14(13-5-3-2-4-12(11)13)15(19)8-9-20-10-16(17)18/h2-7,16H,8-10H2,1H3. The van der Waals surface area contributed by atoms with E-state index in [0.717, 1.165) is 16.3 Å². The topological polar surface area (TPSA) is 26.3 Å². The smallest absolute Gasteiger partial charge is 0.261 e. The molecule has 0 aliphatic carbocycles. The summed E-state index contributed by atoms with van der Waals surface area (Å²) in [5.74, 6) is -0.0875. The number of halogens is 2. The normalized spacial score (nSPS) is 11.2. The molecule has 0 heterocycles. The van der Waals surface area contributed by atoms with Crippen LogP contribution in [0.4, 0.5) is 8.78 Å². The first-order chi connectivity index (χ1) is 9.59. The third-order valence-corrected chi connectivity index (χ3v) is 3.16. The highest BCUT2D eigenvalue weighted by Crippen LogP contribution is 2.23. The van der Waals surface area contributed by atoms with Gasteiger partial charge >= 0.3 is 0 Å².